The van der Waals surface area contributed by atoms with E-state index in [4.69, 9.17) is 0 Å². The number of hydrogen-bond acceptors (Lipinski definition) is 3. The van der Waals surface area contributed by atoms with Crippen molar-refractivity contribution in [2.75, 3.05) is 13.6 Å². The molecule has 0 bridgehead atoms. The van der Waals surface area contributed by atoms with Crippen LogP contribution < -0.4 is 5.32 Å². The summed E-state index contributed by atoms with van der Waals surface area (Å²) in [5, 5.41) is 13.7. The van der Waals surface area contributed by atoms with Gasteiger partial charge in [0.05, 0.1) is 11.5 Å². The molecule has 4 heteroatoms. The van der Waals surface area contributed by atoms with Crippen molar-refractivity contribution in [2.24, 2.45) is 0 Å². The van der Waals surface area contributed by atoms with Crippen LogP contribution in [0.4, 0.5) is 5.69 Å². The molecule has 4 nitrogen and oxygen atoms in total. The van der Waals surface area contributed by atoms with E-state index in [1.165, 1.54) is 6.07 Å². The summed E-state index contributed by atoms with van der Waals surface area (Å²) < 4.78 is 0. The Labute approximate surface area is 94.8 Å². The topological polar surface area (TPSA) is 55.2 Å². The maximum absolute atomic E-state index is 10.8. The van der Waals surface area contributed by atoms with Crippen LogP contribution in [0.3, 0.4) is 0 Å². The van der Waals surface area contributed by atoms with Gasteiger partial charge in [-0.25, -0.2) is 0 Å². The molecule has 1 aromatic rings. The monoisotopic (exact) mass is 218 g/mol. The fourth-order valence-corrected chi connectivity index (χ4v) is 1.40. The summed E-state index contributed by atoms with van der Waals surface area (Å²) in [6, 6.07) is 3.33. The Bertz CT molecular complexity index is 470. The number of hydrogen-bond donors (Lipinski definition) is 1. The number of nitro benzene ring substituents is 1. The van der Waals surface area contributed by atoms with E-state index in [1.807, 2.05) is 6.92 Å². The smallest absolute Gasteiger partial charge is 0.273 e. The summed E-state index contributed by atoms with van der Waals surface area (Å²) in [6.07, 6.45) is 0. The lowest BCUT2D eigenvalue weighted by Gasteiger charge is -2.01. The number of aryl methyl sites for hydroxylation is 2. The Hall–Kier alpha value is -1.86. The normalized spacial score (nSPS) is 9.44. The predicted molar refractivity (Wildman–Crippen MR) is 63.4 cm³/mol. The summed E-state index contributed by atoms with van der Waals surface area (Å²) in [5.41, 5.74) is 2.47. The highest BCUT2D eigenvalue weighted by Gasteiger charge is 2.12. The van der Waals surface area contributed by atoms with Crippen molar-refractivity contribution in [2.45, 2.75) is 13.8 Å². The molecule has 0 aliphatic rings. The van der Waals surface area contributed by atoms with Crippen molar-refractivity contribution in [1.29, 1.82) is 0 Å². The van der Waals surface area contributed by atoms with Crippen LogP contribution in [0.15, 0.2) is 12.1 Å². The van der Waals surface area contributed by atoms with E-state index >= 15 is 0 Å². The Morgan fingerprint density at radius 1 is 1.38 bits per heavy atom. The Kier molecular flexibility index (Phi) is 4.03. The molecule has 1 aromatic carbocycles. The number of benzene rings is 1. The second kappa shape index (κ2) is 5.29. The van der Waals surface area contributed by atoms with Crippen LogP contribution in [-0.4, -0.2) is 18.5 Å². The Morgan fingerprint density at radius 2 is 2.06 bits per heavy atom. The number of nitro groups is 1. The molecule has 0 saturated carbocycles. The summed E-state index contributed by atoms with van der Waals surface area (Å²) in [7, 11) is 1.80. The van der Waals surface area contributed by atoms with E-state index < -0.39 is 0 Å². The van der Waals surface area contributed by atoms with Gasteiger partial charge in [0.2, 0.25) is 0 Å². The molecule has 0 spiro atoms. The molecular weight excluding hydrogens is 204 g/mol. The Balaban J connectivity index is 3.16. The van der Waals surface area contributed by atoms with Crippen molar-refractivity contribution in [3.63, 3.8) is 0 Å². The first-order valence-electron chi connectivity index (χ1n) is 4.95. The van der Waals surface area contributed by atoms with Crippen LogP contribution in [-0.2, 0) is 0 Å². The van der Waals surface area contributed by atoms with Gasteiger partial charge in [0.15, 0.2) is 0 Å². The van der Waals surface area contributed by atoms with Gasteiger partial charge < -0.3 is 5.32 Å². The van der Waals surface area contributed by atoms with E-state index in [0.717, 1.165) is 5.56 Å². The van der Waals surface area contributed by atoms with Gasteiger partial charge in [-0.15, -0.1) is 0 Å². The zero-order valence-corrected chi connectivity index (χ0v) is 9.63. The summed E-state index contributed by atoms with van der Waals surface area (Å²) in [5.74, 6) is 5.81. The van der Waals surface area contributed by atoms with E-state index in [2.05, 4.69) is 17.2 Å². The highest BCUT2D eigenvalue weighted by molar-refractivity contribution is 5.52. The lowest BCUT2D eigenvalue weighted by atomic mass is 10.0. The largest absolute Gasteiger partial charge is 0.309 e. The Morgan fingerprint density at radius 3 is 2.62 bits per heavy atom. The molecule has 0 fully saturated rings. The first-order valence-corrected chi connectivity index (χ1v) is 4.95. The third-order valence-electron chi connectivity index (χ3n) is 2.23. The lowest BCUT2D eigenvalue weighted by Crippen LogP contribution is -2.04. The maximum Gasteiger partial charge on any atom is 0.273 e. The third-order valence-corrected chi connectivity index (χ3v) is 2.23. The molecule has 0 amide bonds. The fourth-order valence-electron chi connectivity index (χ4n) is 1.40. The summed E-state index contributed by atoms with van der Waals surface area (Å²) >= 11 is 0. The van der Waals surface area contributed by atoms with E-state index in [-0.39, 0.29) is 10.6 Å². The minimum Gasteiger partial charge on any atom is -0.309 e. The van der Waals surface area contributed by atoms with Crippen molar-refractivity contribution < 1.29 is 4.92 Å². The van der Waals surface area contributed by atoms with Crippen molar-refractivity contribution in [3.05, 3.63) is 38.9 Å². The van der Waals surface area contributed by atoms with Crippen LogP contribution in [0, 0.1) is 35.8 Å². The van der Waals surface area contributed by atoms with Crippen molar-refractivity contribution in [3.8, 4) is 11.8 Å². The first kappa shape index (κ1) is 12.2. The molecule has 84 valence electrons. The predicted octanol–water partition coefficient (Wildman–Crippen LogP) is 1.78. The van der Waals surface area contributed by atoms with Gasteiger partial charge in [-0.1, -0.05) is 11.8 Å². The second-order valence-corrected chi connectivity index (χ2v) is 3.54. The van der Waals surface area contributed by atoms with Crippen LogP contribution in [0.25, 0.3) is 0 Å². The fraction of sp³-hybridized carbons (Fsp3) is 0.333. The molecule has 1 N–H and O–H groups in total. The maximum atomic E-state index is 10.8. The minimum absolute atomic E-state index is 0.124. The van der Waals surface area contributed by atoms with Crippen LogP contribution in [0.2, 0.25) is 0 Å². The standard InChI is InChI=1S/C12H14N2O2/c1-9-7-10(2)12(14(15)16)8-11(9)5-4-6-13-3/h7-8,13H,6H2,1-3H3. The molecule has 0 radical (unpaired) electrons. The van der Waals surface area contributed by atoms with E-state index in [0.29, 0.717) is 17.7 Å². The van der Waals surface area contributed by atoms with E-state index in [9.17, 15) is 10.1 Å². The average Bonchev–Trinajstić information content (AvgIpc) is 2.21. The quantitative estimate of drug-likeness (QED) is 0.467. The number of nitrogens with zero attached hydrogens (tertiary/aromatic N) is 1. The number of nitrogens with one attached hydrogen (secondary N) is 1. The molecule has 0 atom stereocenters. The number of rotatable bonds is 2. The van der Waals surface area contributed by atoms with Crippen LogP contribution >= 0.6 is 0 Å². The van der Waals surface area contributed by atoms with Gasteiger partial charge in [-0.3, -0.25) is 10.1 Å². The summed E-state index contributed by atoms with van der Waals surface area (Å²) in [6.45, 7) is 4.21. The van der Waals surface area contributed by atoms with Gasteiger partial charge >= 0.3 is 0 Å². The molecule has 0 aromatic heterocycles. The first-order chi connectivity index (χ1) is 7.56. The average molecular weight is 218 g/mol. The van der Waals surface area contributed by atoms with Crippen LogP contribution in [0.5, 0.6) is 0 Å². The molecule has 0 aliphatic heterocycles. The van der Waals surface area contributed by atoms with Crippen molar-refractivity contribution >= 4 is 5.69 Å². The molecule has 0 unspecified atom stereocenters. The zero-order valence-electron chi connectivity index (χ0n) is 9.63. The zero-order chi connectivity index (χ0) is 12.1. The molecule has 0 aliphatic carbocycles. The van der Waals surface area contributed by atoms with Gasteiger partial charge in [-0.2, -0.15) is 0 Å². The van der Waals surface area contributed by atoms with Crippen LogP contribution in [0.1, 0.15) is 16.7 Å². The molecule has 0 saturated heterocycles. The highest BCUT2D eigenvalue weighted by atomic mass is 16.6. The second-order valence-electron chi connectivity index (χ2n) is 3.54. The van der Waals surface area contributed by atoms with E-state index in [1.54, 1.807) is 20.0 Å². The molecule has 0 heterocycles. The lowest BCUT2D eigenvalue weighted by molar-refractivity contribution is -0.385. The third kappa shape index (κ3) is 2.81. The van der Waals surface area contributed by atoms with Gasteiger partial charge in [-0.05, 0) is 32.5 Å². The van der Waals surface area contributed by atoms with Gasteiger partial charge in [0.1, 0.15) is 0 Å². The van der Waals surface area contributed by atoms with Gasteiger partial charge in [0.25, 0.3) is 5.69 Å². The van der Waals surface area contributed by atoms with Gasteiger partial charge in [0, 0.05) is 17.2 Å². The van der Waals surface area contributed by atoms with Crippen molar-refractivity contribution in [1.82, 2.24) is 5.32 Å². The SMILES string of the molecule is CNCC#Cc1cc([N+](=O)[O-])c(C)cc1C. The highest BCUT2D eigenvalue weighted by Crippen LogP contribution is 2.21. The molecular formula is C12H14N2O2. The summed E-state index contributed by atoms with van der Waals surface area (Å²) in [4.78, 5) is 10.4. The molecule has 16 heavy (non-hydrogen) atoms. The molecule has 1 rings (SSSR count). The minimum atomic E-state index is -0.377.